The second kappa shape index (κ2) is 3.69. The molecule has 0 aliphatic rings. The Kier molecular flexibility index (Phi) is 3.42. The molecular weight excluding hydrogens is 173 g/mol. The number of hydrogen-bond acceptors (Lipinski definition) is 2. The first kappa shape index (κ1) is 11.1. The lowest BCUT2D eigenvalue weighted by atomic mass is 9.98. The maximum absolute atomic E-state index is 12.0. The molecule has 0 bridgehead atoms. The van der Waals surface area contributed by atoms with Crippen molar-refractivity contribution in [2.75, 3.05) is 0 Å². The Labute approximate surface area is 67.7 Å². The third-order valence-corrected chi connectivity index (χ3v) is 1.40. The average molecular weight is 182 g/mol. The second-order valence-corrected chi connectivity index (χ2v) is 2.41. The summed E-state index contributed by atoms with van der Waals surface area (Å²) in [4.78, 5) is 21.1. The van der Waals surface area contributed by atoms with Crippen LogP contribution in [0.25, 0.3) is 0 Å². The molecule has 1 unspecified atom stereocenters. The summed E-state index contributed by atoms with van der Waals surface area (Å²) >= 11 is 0. The number of Topliss-reactive ketones (excluding diaryl/α,β-unsaturated/α-hetero) is 2. The largest absolute Gasteiger partial charge is 0.405 e. The lowest BCUT2D eigenvalue weighted by Gasteiger charge is -2.14. The van der Waals surface area contributed by atoms with Crippen molar-refractivity contribution in [3.8, 4) is 0 Å². The van der Waals surface area contributed by atoms with E-state index in [0.717, 1.165) is 6.92 Å². The summed E-state index contributed by atoms with van der Waals surface area (Å²) in [6, 6.07) is 0. The van der Waals surface area contributed by atoms with Gasteiger partial charge in [-0.2, -0.15) is 13.2 Å². The lowest BCUT2D eigenvalue weighted by Crippen LogP contribution is -2.35. The van der Waals surface area contributed by atoms with Gasteiger partial charge in [0.2, 0.25) is 0 Å². The highest BCUT2D eigenvalue weighted by Crippen LogP contribution is 2.28. The topological polar surface area (TPSA) is 34.1 Å². The van der Waals surface area contributed by atoms with Crippen molar-refractivity contribution < 1.29 is 22.8 Å². The summed E-state index contributed by atoms with van der Waals surface area (Å²) in [5, 5.41) is 0. The van der Waals surface area contributed by atoms with E-state index in [0.29, 0.717) is 0 Å². The zero-order chi connectivity index (χ0) is 9.94. The number of rotatable bonds is 3. The Balaban J connectivity index is 4.68. The van der Waals surface area contributed by atoms with Gasteiger partial charge in [-0.3, -0.25) is 9.59 Å². The molecule has 0 spiro atoms. The van der Waals surface area contributed by atoms with Gasteiger partial charge in [0.05, 0.1) is 0 Å². The van der Waals surface area contributed by atoms with Crippen LogP contribution in [0.2, 0.25) is 0 Å². The molecule has 0 aromatic rings. The van der Waals surface area contributed by atoms with Gasteiger partial charge in [-0.15, -0.1) is 0 Å². The van der Waals surface area contributed by atoms with Crippen LogP contribution < -0.4 is 0 Å². The summed E-state index contributed by atoms with van der Waals surface area (Å²) in [5.41, 5.74) is 0. The molecule has 12 heavy (non-hydrogen) atoms. The van der Waals surface area contributed by atoms with Crippen LogP contribution in [-0.2, 0) is 9.59 Å². The molecule has 0 aromatic heterocycles. The van der Waals surface area contributed by atoms with Crippen molar-refractivity contribution in [1.29, 1.82) is 0 Å². The molecule has 2 nitrogen and oxygen atoms in total. The number of carbonyl (C=O) groups is 2. The molecule has 0 aliphatic heterocycles. The molecule has 0 aliphatic carbocycles. The molecule has 0 N–H and O–H groups in total. The van der Waals surface area contributed by atoms with Crippen LogP contribution in [0.4, 0.5) is 13.2 Å². The smallest absolute Gasteiger partial charge is 0.299 e. The minimum absolute atomic E-state index is 0.274. The predicted octanol–water partition coefficient (Wildman–Crippen LogP) is 1.73. The van der Waals surface area contributed by atoms with Gasteiger partial charge in [0.1, 0.15) is 5.78 Å². The number of ketones is 2. The number of carbonyl (C=O) groups excluding carboxylic acids is 2. The Morgan fingerprint density at radius 3 is 1.83 bits per heavy atom. The fraction of sp³-hybridized carbons (Fsp3) is 0.714. The molecule has 0 radical (unpaired) electrons. The van der Waals surface area contributed by atoms with Gasteiger partial charge in [0, 0.05) is 6.42 Å². The standard InChI is InChI=1S/C7H9F3O2/c1-3-5(12)6(4(2)11)7(8,9)10/h6H,3H2,1-2H3. The SMILES string of the molecule is CCC(=O)C(C(C)=O)C(F)(F)F. The fourth-order valence-corrected chi connectivity index (χ4v) is 0.844. The molecule has 0 heterocycles. The van der Waals surface area contributed by atoms with Crippen LogP contribution in [0.5, 0.6) is 0 Å². The number of halogens is 3. The van der Waals surface area contributed by atoms with E-state index in [4.69, 9.17) is 0 Å². The zero-order valence-corrected chi connectivity index (χ0v) is 6.73. The van der Waals surface area contributed by atoms with E-state index in [-0.39, 0.29) is 6.42 Å². The highest BCUT2D eigenvalue weighted by Gasteiger charge is 2.46. The van der Waals surface area contributed by atoms with Gasteiger partial charge in [-0.25, -0.2) is 0 Å². The highest BCUT2D eigenvalue weighted by atomic mass is 19.4. The normalized spacial score (nSPS) is 14.1. The molecule has 70 valence electrons. The number of alkyl halides is 3. The van der Waals surface area contributed by atoms with E-state index in [1.165, 1.54) is 6.92 Å². The first-order valence-corrected chi connectivity index (χ1v) is 3.40. The van der Waals surface area contributed by atoms with Gasteiger partial charge in [0.15, 0.2) is 11.7 Å². The molecule has 0 rings (SSSR count). The van der Waals surface area contributed by atoms with E-state index in [9.17, 15) is 22.8 Å². The van der Waals surface area contributed by atoms with Crippen molar-refractivity contribution >= 4 is 11.6 Å². The lowest BCUT2D eigenvalue weighted by molar-refractivity contribution is -0.183. The van der Waals surface area contributed by atoms with Crippen LogP contribution >= 0.6 is 0 Å². The fourth-order valence-electron chi connectivity index (χ4n) is 0.844. The minimum atomic E-state index is -4.74. The van der Waals surface area contributed by atoms with Crippen molar-refractivity contribution in [3.63, 3.8) is 0 Å². The van der Waals surface area contributed by atoms with E-state index < -0.39 is 23.7 Å². The first-order chi connectivity index (χ1) is 5.30. The molecule has 1 atom stereocenters. The first-order valence-electron chi connectivity index (χ1n) is 3.40. The van der Waals surface area contributed by atoms with Crippen molar-refractivity contribution in [2.45, 2.75) is 26.4 Å². The maximum atomic E-state index is 12.0. The number of hydrogen-bond donors (Lipinski definition) is 0. The summed E-state index contributed by atoms with van der Waals surface area (Å²) in [6.07, 6.45) is -5.01. The third kappa shape index (κ3) is 2.64. The Bertz CT molecular complexity index is 195. The van der Waals surface area contributed by atoms with Gasteiger partial charge < -0.3 is 0 Å². The van der Waals surface area contributed by atoms with Crippen molar-refractivity contribution in [3.05, 3.63) is 0 Å². The van der Waals surface area contributed by atoms with Crippen LogP contribution in [0, 0.1) is 5.92 Å². The molecular formula is C7H9F3O2. The van der Waals surface area contributed by atoms with Crippen molar-refractivity contribution in [2.24, 2.45) is 5.92 Å². The van der Waals surface area contributed by atoms with E-state index in [2.05, 4.69) is 0 Å². The van der Waals surface area contributed by atoms with E-state index in [1.54, 1.807) is 0 Å². The Hall–Kier alpha value is -0.870. The van der Waals surface area contributed by atoms with Crippen LogP contribution in [0.1, 0.15) is 20.3 Å². The van der Waals surface area contributed by atoms with Gasteiger partial charge in [-0.1, -0.05) is 6.92 Å². The molecule has 0 fully saturated rings. The van der Waals surface area contributed by atoms with Gasteiger partial charge in [-0.05, 0) is 6.92 Å². The zero-order valence-electron chi connectivity index (χ0n) is 6.73. The van der Waals surface area contributed by atoms with Gasteiger partial charge >= 0.3 is 6.18 Å². The summed E-state index contributed by atoms with van der Waals surface area (Å²) in [5.74, 6) is -4.65. The van der Waals surface area contributed by atoms with Crippen LogP contribution in [0.3, 0.4) is 0 Å². The van der Waals surface area contributed by atoms with Crippen molar-refractivity contribution in [1.82, 2.24) is 0 Å². The van der Waals surface area contributed by atoms with E-state index >= 15 is 0 Å². The van der Waals surface area contributed by atoms with Gasteiger partial charge in [0.25, 0.3) is 0 Å². The quantitative estimate of drug-likeness (QED) is 0.623. The highest BCUT2D eigenvalue weighted by molar-refractivity contribution is 6.02. The van der Waals surface area contributed by atoms with Crippen LogP contribution in [0.15, 0.2) is 0 Å². The summed E-state index contributed by atoms with van der Waals surface area (Å²) in [7, 11) is 0. The third-order valence-electron chi connectivity index (χ3n) is 1.40. The Morgan fingerprint density at radius 2 is 1.75 bits per heavy atom. The Morgan fingerprint density at radius 1 is 1.33 bits per heavy atom. The monoisotopic (exact) mass is 182 g/mol. The average Bonchev–Trinajstić information content (AvgIpc) is 1.83. The van der Waals surface area contributed by atoms with Crippen LogP contribution in [-0.4, -0.2) is 17.7 Å². The minimum Gasteiger partial charge on any atom is -0.299 e. The summed E-state index contributed by atoms with van der Waals surface area (Å²) in [6.45, 7) is 2.07. The molecule has 0 amide bonds. The molecule has 5 heteroatoms. The summed E-state index contributed by atoms with van der Waals surface area (Å²) < 4.78 is 35.9. The molecule has 0 saturated carbocycles. The van der Waals surface area contributed by atoms with E-state index in [1.807, 2.05) is 0 Å². The molecule has 0 aromatic carbocycles. The molecule has 0 saturated heterocycles. The maximum Gasteiger partial charge on any atom is 0.405 e. The predicted molar refractivity (Wildman–Crippen MR) is 35.5 cm³/mol. The second-order valence-electron chi connectivity index (χ2n) is 2.41.